The summed E-state index contributed by atoms with van der Waals surface area (Å²) in [6.45, 7) is -0.898. The van der Waals surface area contributed by atoms with Crippen LogP contribution in [0, 0.1) is 0 Å². The van der Waals surface area contributed by atoms with Crippen molar-refractivity contribution in [1.29, 1.82) is 0 Å². The highest BCUT2D eigenvalue weighted by atomic mass is 19.4. The van der Waals surface area contributed by atoms with E-state index in [0.717, 1.165) is 0 Å². The molecule has 0 amide bonds. The van der Waals surface area contributed by atoms with Crippen LogP contribution in [0.15, 0.2) is 0 Å². The van der Waals surface area contributed by atoms with Crippen molar-refractivity contribution in [3.63, 3.8) is 0 Å². The van der Waals surface area contributed by atoms with Crippen molar-refractivity contribution in [3.8, 4) is 0 Å². The van der Waals surface area contributed by atoms with Crippen LogP contribution in [0.4, 0.5) is 17.6 Å². The van der Waals surface area contributed by atoms with Crippen LogP contribution in [0.5, 0.6) is 0 Å². The van der Waals surface area contributed by atoms with Crippen LogP contribution in [0.1, 0.15) is 0 Å². The van der Waals surface area contributed by atoms with E-state index in [9.17, 15) is 22.4 Å². The molecule has 7 heteroatoms. The molecule has 0 aromatic carbocycles. The zero-order valence-electron chi connectivity index (χ0n) is 5.65. The Kier molecular flexibility index (Phi) is 2.09. The Morgan fingerprint density at radius 3 is 1.83 bits per heavy atom. The van der Waals surface area contributed by atoms with E-state index in [1.165, 1.54) is 0 Å². The molecule has 3 nitrogen and oxygen atoms in total. The second kappa shape index (κ2) is 2.67. The summed E-state index contributed by atoms with van der Waals surface area (Å²) in [6, 6.07) is -2.67. The number of hydrogen-bond donors (Lipinski definition) is 0. The Bertz CT molecular complexity index is 193. The molecule has 0 N–H and O–H groups in total. The smallest absolute Gasteiger partial charge is 0.332 e. The fourth-order valence-electron chi connectivity index (χ4n) is 0.801. The van der Waals surface area contributed by atoms with Gasteiger partial charge in [0.05, 0.1) is 13.2 Å². The van der Waals surface area contributed by atoms with Crippen LogP contribution in [0.2, 0.25) is 0 Å². The maximum Gasteiger partial charge on any atom is 0.454 e. The van der Waals surface area contributed by atoms with Crippen molar-refractivity contribution in [2.45, 2.75) is 12.0 Å². The molecule has 0 unspecified atom stereocenters. The van der Waals surface area contributed by atoms with Gasteiger partial charge in [0, 0.05) is 0 Å². The Morgan fingerprint density at radius 2 is 1.67 bits per heavy atom. The Hall–Kier alpha value is -0.690. The van der Waals surface area contributed by atoms with Gasteiger partial charge in [-0.2, -0.15) is 17.6 Å². The molecule has 0 aromatic rings. The molecule has 12 heavy (non-hydrogen) atoms. The molecule has 0 saturated carbocycles. The summed E-state index contributed by atoms with van der Waals surface area (Å²) in [5.41, 5.74) is 0. The molecule has 0 radical (unpaired) electrons. The maximum atomic E-state index is 12.0. The molecule has 0 atom stereocenters. The molecule has 0 spiro atoms. The first-order chi connectivity index (χ1) is 5.40. The molecule has 1 fully saturated rings. The Labute approximate surface area is 64.2 Å². The number of halogens is 4. The van der Waals surface area contributed by atoms with E-state index >= 15 is 0 Å². The van der Waals surface area contributed by atoms with Crippen molar-refractivity contribution < 1.29 is 31.8 Å². The molecule has 1 heterocycles. The molecule has 1 rings (SSSR count). The van der Waals surface area contributed by atoms with Crippen LogP contribution in [0.3, 0.4) is 0 Å². The van der Waals surface area contributed by atoms with Crippen molar-refractivity contribution in [1.82, 2.24) is 0 Å². The summed E-state index contributed by atoms with van der Waals surface area (Å²) >= 11 is 0. The fourth-order valence-corrected chi connectivity index (χ4v) is 0.801. The monoisotopic (exact) mass is 188 g/mol. The summed E-state index contributed by atoms with van der Waals surface area (Å²) in [6.07, 6.45) is -5.17. The molecule has 0 aromatic heterocycles. The first-order valence-corrected chi connectivity index (χ1v) is 2.95. The lowest BCUT2D eigenvalue weighted by Gasteiger charge is -2.23. The van der Waals surface area contributed by atoms with Crippen molar-refractivity contribution in [2.24, 2.45) is 0 Å². The first kappa shape index (κ1) is 9.40. The van der Waals surface area contributed by atoms with Gasteiger partial charge in [-0.05, 0) is 0 Å². The van der Waals surface area contributed by atoms with Gasteiger partial charge in [-0.3, -0.25) is 4.79 Å². The number of ether oxygens (including phenoxy) is 2. The predicted octanol–water partition coefficient (Wildman–Crippen LogP) is 0.788. The van der Waals surface area contributed by atoms with E-state index in [2.05, 4.69) is 9.47 Å². The predicted molar refractivity (Wildman–Crippen MR) is 26.8 cm³/mol. The average molecular weight is 188 g/mol. The SMILES string of the molecule is O=C(F)C1(C(F)(F)F)OCCO1. The van der Waals surface area contributed by atoms with Gasteiger partial charge in [-0.25, -0.2) is 0 Å². The van der Waals surface area contributed by atoms with E-state index < -0.39 is 31.2 Å². The molecule has 1 aliphatic rings. The molecular weight excluding hydrogens is 184 g/mol. The van der Waals surface area contributed by atoms with Gasteiger partial charge in [0.15, 0.2) is 0 Å². The largest absolute Gasteiger partial charge is 0.454 e. The van der Waals surface area contributed by atoms with E-state index in [-0.39, 0.29) is 0 Å². The number of alkyl halides is 3. The van der Waals surface area contributed by atoms with Crippen molar-refractivity contribution in [2.75, 3.05) is 13.2 Å². The van der Waals surface area contributed by atoms with E-state index in [1.807, 2.05) is 0 Å². The number of hydrogen-bond acceptors (Lipinski definition) is 3. The number of carbonyl (C=O) groups is 1. The second-order valence-corrected chi connectivity index (χ2v) is 2.08. The third-order valence-electron chi connectivity index (χ3n) is 1.33. The lowest BCUT2D eigenvalue weighted by Crippen LogP contribution is -2.51. The number of rotatable bonds is 1. The van der Waals surface area contributed by atoms with Crippen molar-refractivity contribution in [3.05, 3.63) is 0 Å². The van der Waals surface area contributed by atoms with Gasteiger partial charge in [0.1, 0.15) is 0 Å². The first-order valence-electron chi connectivity index (χ1n) is 2.95. The van der Waals surface area contributed by atoms with Crippen LogP contribution in [-0.4, -0.2) is 31.2 Å². The van der Waals surface area contributed by atoms with Crippen LogP contribution >= 0.6 is 0 Å². The van der Waals surface area contributed by atoms with E-state index in [0.29, 0.717) is 0 Å². The van der Waals surface area contributed by atoms with Crippen LogP contribution in [0.25, 0.3) is 0 Å². The fraction of sp³-hybridized carbons (Fsp3) is 0.800. The van der Waals surface area contributed by atoms with E-state index in [1.54, 1.807) is 0 Å². The highest BCUT2D eigenvalue weighted by molar-refractivity contribution is 5.78. The lowest BCUT2D eigenvalue weighted by atomic mass is 10.3. The minimum atomic E-state index is -5.17. The van der Waals surface area contributed by atoms with Crippen molar-refractivity contribution >= 4 is 6.04 Å². The summed E-state index contributed by atoms with van der Waals surface area (Å²) in [4.78, 5) is 9.98. The van der Waals surface area contributed by atoms with Gasteiger partial charge >= 0.3 is 18.0 Å². The van der Waals surface area contributed by atoms with E-state index in [4.69, 9.17) is 0 Å². The van der Waals surface area contributed by atoms with Crippen LogP contribution in [-0.2, 0) is 14.3 Å². The standard InChI is InChI=1S/C5H4F4O3/c6-3(10)4(5(7,8)9)11-1-2-12-4/h1-2H2. The Balaban J connectivity index is 2.94. The third kappa shape index (κ3) is 1.18. The molecule has 1 aliphatic heterocycles. The zero-order chi connectivity index (χ0) is 9.41. The molecule has 1 saturated heterocycles. The quantitative estimate of drug-likeness (QED) is 0.450. The van der Waals surface area contributed by atoms with Gasteiger partial charge in [0.2, 0.25) is 0 Å². The highest BCUT2D eigenvalue weighted by Crippen LogP contribution is 2.38. The average Bonchev–Trinajstić information content (AvgIpc) is 2.31. The number of carbonyl (C=O) groups excluding carboxylic acids is 1. The summed E-state index contributed by atoms with van der Waals surface area (Å²) in [7, 11) is 0. The van der Waals surface area contributed by atoms with Gasteiger partial charge in [0.25, 0.3) is 0 Å². The minimum Gasteiger partial charge on any atom is -0.332 e. The summed E-state index contributed by atoms with van der Waals surface area (Å²) < 4.78 is 55.6. The summed E-state index contributed by atoms with van der Waals surface area (Å²) in [5.74, 6) is -3.67. The normalized spacial score (nSPS) is 22.7. The van der Waals surface area contributed by atoms with Gasteiger partial charge < -0.3 is 9.47 Å². The van der Waals surface area contributed by atoms with Gasteiger partial charge in [-0.15, -0.1) is 0 Å². The second-order valence-electron chi connectivity index (χ2n) is 2.08. The topological polar surface area (TPSA) is 35.5 Å². The summed E-state index contributed by atoms with van der Waals surface area (Å²) in [5, 5.41) is 0. The molecule has 0 bridgehead atoms. The zero-order valence-corrected chi connectivity index (χ0v) is 5.65. The third-order valence-corrected chi connectivity index (χ3v) is 1.33. The van der Waals surface area contributed by atoms with Crippen LogP contribution < -0.4 is 0 Å². The minimum absolute atomic E-state index is 0.449. The lowest BCUT2D eigenvalue weighted by molar-refractivity contribution is -0.328. The maximum absolute atomic E-state index is 12.0. The van der Waals surface area contributed by atoms with Gasteiger partial charge in [-0.1, -0.05) is 0 Å². The Morgan fingerprint density at radius 1 is 1.25 bits per heavy atom. The molecule has 70 valence electrons. The molecular formula is C5H4F4O3. The molecule has 0 aliphatic carbocycles. The highest BCUT2D eigenvalue weighted by Gasteiger charge is 2.66.